The molecule has 2 N–H and O–H groups in total. The third-order valence-corrected chi connectivity index (χ3v) is 2.92. The van der Waals surface area contributed by atoms with Gasteiger partial charge in [0.1, 0.15) is 5.82 Å². The molecule has 0 saturated heterocycles. The number of anilines is 1. The van der Waals surface area contributed by atoms with Crippen molar-refractivity contribution in [2.24, 2.45) is 0 Å². The van der Waals surface area contributed by atoms with E-state index in [9.17, 15) is 18.8 Å². The van der Waals surface area contributed by atoms with Gasteiger partial charge < -0.3 is 15.4 Å². The molecule has 24 heavy (non-hydrogen) atoms. The van der Waals surface area contributed by atoms with E-state index in [1.54, 1.807) is 30.3 Å². The van der Waals surface area contributed by atoms with Gasteiger partial charge in [0.15, 0.2) is 6.61 Å². The highest BCUT2D eigenvalue weighted by atomic mass is 19.1. The van der Waals surface area contributed by atoms with Crippen LogP contribution in [0.3, 0.4) is 0 Å². The van der Waals surface area contributed by atoms with Crippen molar-refractivity contribution < 1.29 is 23.5 Å². The van der Waals surface area contributed by atoms with Gasteiger partial charge in [-0.1, -0.05) is 18.2 Å². The van der Waals surface area contributed by atoms with Crippen molar-refractivity contribution in [3.63, 3.8) is 0 Å². The fraction of sp³-hybridized carbons (Fsp3) is 0.118. The average molecular weight is 330 g/mol. The Hall–Kier alpha value is -3.22. The van der Waals surface area contributed by atoms with E-state index in [1.165, 1.54) is 24.3 Å². The minimum atomic E-state index is -0.624. The molecule has 0 heterocycles. The fourth-order valence-electron chi connectivity index (χ4n) is 1.76. The lowest BCUT2D eigenvalue weighted by Crippen LogP contribution is -2.35. The summed E-state index contributed by atoms with van der Waals surface area (Å²) < 4.78 is 17.6. The summed E-state index contributed by atoms with van der Waals surface area (Å²) in [6.07, 6.45) is 0. The van der Waals surface area contributed by atoms with Crippen LogP contribution in [0, 0.1) is 5.82 Å². The molecule has 2 amide bonds. The van der Waals surface area contributed by atoms with Crippen LogP contribution in [0.2, 0.25) is 0 Å². The van der Waals surface area contributed by atoms with Crippen LogP contribution >= 0.6 is 0 Å². The Bertz CT molecular complexity index is 717. The molecule has 2 aromatic carbocycles. The van der Waals surface area contributed by atoms with Crippen molar-refractivity contribution in [2.45, 2.75) is 0 Å². The molecule has 0 fully saturated rings. The van der Waals surface area contributed by atoms with Crippen LogP contribution in [-0.2, 0) is 14.3 Å². The zero-order valence-electron chi connectivity index (χ0n) is 12.6. The van der Waals surface area contributed by atoms with E-state index < -0.39 is 30.2 Å². The zero-order chi connectivity index (χ0) is 17.4. The summed E-state index contributed by atoms with van der Waals surface area (Å²) in [7, 11) is 0. The Kier molecular flexibility index (Phi) is 6.01. The van der Waals surface area contributed by atoms with Crippen LogP contribution in [0.25, 0.3) is 0 Å². The third kappa shape index (κ3) is 5.53. The van der Waals surface area contributed by atoms with Crippen LogP contribution in [-0.4, -0.2) is 30.9 Å². The second-order valence-corrected chi connectivity index (χ2v) is 4.77. The van der Waals surface area contributed by atoms with E-state index in [4.69, 9.17) is 4.74 Å². The number of esters is 1. The number of amides is 2. The van der Waals surface area contributed by atoms with Crippen LogP contribution in [0.4, 0.5) is 10.1 Å². The molecular weight excluding hydrogens is 315 g/mol. The van der Waals surface area contributed by atoms with Crippen molar-refractivity contribution in [2.75, 3.05) is 18.5 Å². The maximum absolute atomic E-state index is 12.7. The number of nitrogens with one attached hydrogen (secondary N) is 2. The summed E-state index contributed by atoms with van der Waals surface area (Å²) >= 11 is 0. The topological polar surface area (TPSA) is 84.5 Å². The van der Waals surface area contributed by atoms with Crippen molar-refractivity contribution in [1.82, 2.24) is 5.32 Å². The van der Waals surface area contributed by atoms with Gasteiger partial charge in [-0.3, -0.25) is 9.59 Å². The number of halogens is 1. The molecule has 0 aliphatic heterocycles. The van der Waals surface area contributed by atoms with E-state index in [2.05, 4.69) is 10.6 Å². The Morgan fingerprint density at radius 2 is 1.58 bits per heavy atom. The molecule has 0 aromatic heterocycles. The second kappa shape index (κ2) is 8.42. The number of benzene rings is 2. The van der Waals surface area contributed by atoms with Crippen molar-refractivity contribution in [3.8, 4) is 0 Å². The lowest BCUT2D eigenvalue weighted by molar-refractivity contribution is -0.126. The Labute approximate surface area is 137 Å². The summed E-state index contributed by atoms with van der Waals surface area (Å²) in [6.45, 7) is -0.781. The highest BCUT2D eigenvalue weighted by Gasteiger charge is 2.10. The van der Waals surface area contributed by atoms with E-state index >= 15 is 0 Å². The lowest BCUT2D eigenvalue weighted by Gasteiger charge is -2.07. The number of carbonyl (C=O) groups excluding carboxylic acids is 3. The number of ether oxygens (including phenoxy) is 1. The molecule has 2 rings (SSSR count). The van der Waals surface area contributed by atoms with Crippen LogP contribution in [0.15, 0.2) is 54.6 Å². The van der Waals surface area contributed by atoms with Gasteiger partial charge in [0, 0.05) is 5.69 Å². The third-order valence-electron chi connectivity index (χ3n) is 2.92. The van der Waals surface area contributed by atoms with Gasteiger partial charge in [-0.05, 0) is 36.4 Å². The molecule has 124 valence electrons. The summed E-state index contributed by atoms with van der Waals surface area (Å²) in [6, 6.07) is 13.4. The molecule has 0 saturated carbocycles. The van der Waals surface area contributed by atoms with Gasteiger partial charge >= 0.3 is 5.97 Å². The van der Waals surface area contributed by atoms with Gasteiger partial charge in [0.05, 0.1) is 12.1 Å². The normalized spacial score (nSPS) is 9.88. The summed E-state index contributed by atoms with van der Waals surface area (Å²) in [5.74, 6) is -2.12. The molecule has 2 aromatic rings. The smallest absolute Gasteiger partial charge is 0.338 e. The van der Waals surface area contributed by atoms with E-state index in [0.717, 1.165) is 0 Å². The summed E-state index contributed by atoms with van der Waals surface area (Å²) in [4.78, 5) is 34.8. The first kappa shape index (κ1) is 17.1. The first-order valence-electron chi connectivity index (χ1n) is 7.09. The summed E-state index contributed by atoms with van der Waals surface area (Å²) in [5, 5.41) is 4.81. The van der Waals surface area contributed by atoms with Crippen molar-refractivity contribution in [3.05, 3.63) is 66.0 Å². The quantitative estimate of drug-likeness (QED) is 0.790. The van der Waals surface area contributed by atoms with Crippen LogP contribution in [0.1, 0.15) is 10.4 Å². The van der Waals surface area contributed by atoms with Gasteiger partial charge in [-0.25, -0.2) is 9.18 Å². The largest absolute Gasteiger partial charge is 0.452 e. The lowest BCUT2D eigenvalue weighted by atomic mass is 10.2. The molecule has 0 spiro atoms. The monoisotopic (exact) mass is 330 g/mol. The maximum Gasteiger partial charge on any atom is 0.338 e. The van der Waals surface area contributed by atoms with E-state index in [1.807, 2.05) is 0 Å². The molecule has 0 unspecified atom stereocenters. The van der Waals surface area contributed by atoms with Crippen LogP contribution < -0.4 is 10.6 Å². The highest BCUT2D eigenvalue weighted by Crippen LogP contribution is 2.07. The molecule has 0 aliphatic rings. The van der Waals surface area contributed by atoms with Crippen LogP contribution in [0.5, 0.6) is 0 Å². The molecule has 6 nitrogen and oxygen atoms in total. The fourth-order valence-corrected chi connectivity index (χ4v) is 1.76. The van der Waals surface area contributed by atoms with Gasteiger partial charge in [-0.2, -0.15) is 0 Å². The first-order chi connectivity index (χ1) is 11.5. The van der Waals surface area contributed by atoms with Gasteiger partial charge in [0.25, 0.3) is 5.91 Å². The van der Waals surface area contributed by atoms with Crippen molar-refractivity contribution in [1.29, 1.82) is 0 Å². The highest BCUT2D eigenvalue weighted by molar-refractivity contribution is 5.95. The molecule has 0 aliphatic carbocycles. The predicted octanol–water partition coefficient (Wildman–Crippen LogP) is 1.74. The minimum absolute atomic E-state index is 0.293. The number of hydrogen-bond donors (Lipinski definition) is 2. The molecule has 0 atom stereocenters. The first-order valence-corrected chi connectivity index (χ1v) is 7.09. The van der Waals surface area contributed by atoms with Crippen molar-refractivity contribution >= 4 is 23.5 Å². The average Bonchev–Trinajstić information content (AvgIpc) is 2.60. The standard InChI is InChI=1S/C17H15FN2O4/c18-13-6-8-14(9-7-13)20-15(21)10-19-16(22)11-24-17(23)12-4-2-1-3-5-12/h1-9H,10-11H2,(H,19,22)(H,20,21). The number of carbonyl (C=O) groups is 3. The molecule has 7 heteroatoms. The van der Waals surface area contributed by atoms with E-state index in [-0.39, 0.29) is 6.54 Å². The van der Waals surface area contributed by atoms with Gasteiger partial charge in [-0.15, -0.1) is 0 Å². The van der Waals surface area contributed by atoms with Gasteiger partial charge in [0.2, 0.25) is 5.91 Å². The second-order valence-electron chi connectivity index (χ2n) is 4.77. The Morgan fingerprint density at radius 1 is 0.917 bits per heavy atom. The maximum atomic E-state index is 12.7. The van der Waals surface area contributed by atoms with E-state index in [0.29, 0.717) is 11.3 Å². The minimum Gasteiger partial charge on any atom is -0.452 e. The molecule has 0 radical (unpaired) electrons. The Balaban J connectivity index is 1.70. The molecular formula is C17H15FN2O4. The number of hydrogen-bond acceptors (Lipinski definition) is 4. The summed E-state index contributed by atoms with van der Waals surface area (Å²) in [5.41, 5.74) is 0.741. The molecule has 0 bridgehead atoms. The SMILES string of the molecule is O=C(COC(=O)c1ccccc1)NCC(=O)Nc1ccc(F)cc1. The zero-order valence-corrected chi connectivity index (χ0v) is 12.6. The Morgan fingerprint density at radius 3 is 2.25 bits per heavy atom. The predicted molar refractivity (Wildman–Crippen MR) is 84.8 cm³/mol. The number of rotatable bonds is 6.